The Hall–Kier alpha value is -1.15. The number of aromatic nitrogens is 2. The fraction of sp³-hybridized carbons (Fsp3) is 0.294. The standard InChI is InChI=1S/C8H9ClN2O.C6H3Cl2NO.C2H7N.CH2Cl2/c1-11(2)8(12)6-4-3-5-10-7(6)9;7-5-4(6(8)10)2-1-3-9-5;1-3-2;2-1-3/h3-5H,1-2H3;1-3H;3H,1-2H3;1H2. The first-order valence-corrected chi connectivity index (χ1v) is 9.70. The zero-order chi connectivity index (χ0) is 22.1. The molecule has 6 nitrogen and oxygen atoms in total. The summed E-state index contributed by atoms with van der Waals surface area (Å²) in [4.78, 5) is 30.8. The van der Waals surface area contributed by atoms with Gasteiger partial charge >= 0.3 is 0 Å². The highest BCUT2D eigenvalue weighted by atomic mass is 35.5. The van der Waals surface area contributed by atoms with Crippen LogP contribution in [0.25, 0.3) is 0 Å². The van der Waals surface area contributed by atoms with Gasteiger partial charge in [0, 0.05) is 26.5 Å². The Labute approximate surface area is 190 Å². The molecule has 1 amide bonds. The SMILES string of the molecule is CN(C)C(=O)c1cccnc1Cl.CNC.ClCCl.O=C(Cl)c1cccnc1Cl. The molecule has 156 valence electrons. The number of pyridine rings is 2. The molecule has 0 aliphatic carbocycles. The van der Waals surface area contributed by atoms with Gasteiger partial charge in [0.25, 0.3) is 11.1 Å². The number of carbonyl (C=O) groups is 2. The van der Waals surface area contributed by atoms with Crippen LogP contribution in [0.2, 0.25) is 10.3 Å². The van der Waals surface area contributed by atoms with Gasteiger partial charge in [0.15, 0.2) is 0 Å². The third-order valence-corrected chi connectivity index (χ3v) is 3.17. The van der Waals surface area contributed by atoms with E-state index in [4.69, 9.17) is 58.0 Å². The lowest BCUT2D eigenvalue weighted by molar-refractivity contribution is 0.0827. The molecule has 2 rings (SSSR count). The van der Waals surface area contributed by atoms with Crippen molar-refractivity contribution in [2.45, 2.75) is 0 Å². The van der Waals surface area contributed by atoms with Crippen molar-refractivity contribution in [3.8, 4) is 0 Å². The first-order valence-electron chi connectivity index (χ1n) is 7.50. The number of amides is 1. The van der Waals surface area contributed by atoms with Gasteiger partial charge in [-0.25, -0.2) is 9.97 Å². The summed E-state index contributed by atoms with van der Waals surface area (Å²) in [5, 5.41) is 2.75. The van der Waals surface area contributed by atoms with Crippen LogP contribution in [0.1, 0.15) is 20.7 Å². The average molecular weight is 491 g/mol. The Morgan fingerprint density at radius 3 is 1.57 bits per heavy atom. The molecule has 0 radical (unpaired) electrons. The molecule has 0 aromatic carbocycles. The Morgan fingerprint density at radius 1 is 0.964 bits per heavy atom. The minimum absolute atomic E-state index is 0.131. The smallest absolute Gasteiger partial charge is 0.256 e. The summed E-state index contributed by atoms with van der Waals surface area (Å²) in [7, 11) is 7.09. The summed E-state index contributed by atoms with van der Waals surface area (Å²) in [6.45, 7) is 0. The molecule has 2 aromatic rings. The second kappa shape index (κ2) is 17.9. The summed E-state index contributed by atoms with van der Waals surface area (Å²) in [6, 6.07) is 6.45. The predicted molar refractivity (Wildman–Crippen MR) is 118 cm³/mol. The van der Waals surface area contributed by atoms with Gasteiger partial charge in [0.2, 0.25) is 0 Å². The first-order chi connectivity index (χ1) is 13.2. The van der Waals surface area contributed by atoms with Crippen LogP contribution < -0.4 is 5.32 Å². The maximum Gasteiger partial charge on any atom is 0.256 e. The summed E-state index contributed by atoms with van der Waals surface area (Å²) >= 11 is 25.9. The van der Waals surface area contributed by atoms with E-state index < -0.39 is 5.24 Å². The average Bonchev–Trinajstić information content (AvgIpc) is 2.63. The number of halogens is 5. The van der Waals surface area contributed by atoms with Gasteiger partial charge in [0.05, 0.1) is 16.5 Å². The normalized spacial score (nSPS) is 8.75. The van der Waals surface area contributed by atoms with Crippen LogP contribution in [0.4, 0.5) is 0 Å². The number of nitrogens with one attached hydrogen (secondary N) is 1. The topological polar surface area (TPSA) is 75.2 Å². The van der Waals surface area contributed by atoms with Crippen molar-refractivity contribution in [1.29, 1.82) is 0 Å². The van der Waals surface area contributed by atoms with Gasteiger partial charge in [0.1, 0.15) is 10.3 Å². The summed E-state index contributed by atoms with van der Waals surface area (Å²) in [5.41, 5.74) is 0.676. The minimum Gasteiger partial charge on any atom is -0.345 e. The molecule has 0 aliphatic heterocycles. The molecular formula is C17H21Cl5N4O2. The van der Waals surface area contributed by atoms with Crippen molar-refractivity contribution in [2.24, 2.45) is 0 Å². The van der Waals surface area contributed by atoms with E-state index >= 15 is 0 Å². The van der Waals surface area contributed by atoms with Gasteiger partial charge in [-0.2, -0.15) is 0 Å². The van der Waals surface area contributed by atoms with Crippen molar-refractivity contribution in [3.63, 3.8) is 0 Å². The second-order valence-corrected chi connectivity index (χ2v) is 6.63. The maximum atomic E-state index is 11.4. The van der Waals surface area contributed by atoms with E-state index in [2.05, 4.69) is 15.3 Å². The Bertz CT molecular complexity index is 715. The van der Waals surface area contributed by atoms with E-state index in [0.29, 0.717) is 5.56 Å². The van der Waals surface area contributed by atoms with Gasteiger partial charge in [-0.15, -0.1) is 23.2 Å². The van der Waals surface area contributed by atoms with Crippen molar-refractivity contribution in [1.82, 2.24) is 20.2 Å². The van der Waals surface area contributed by atoms with E-state index in [9.17, 15) is 9.59 Å². The highest BCUT2D eigenvalue weighted by Gasteiger charge is 2.11. The molecule has 0 saturated heterocycles. The molecule has 0 saturated carbocycles. The number of nitrogens with zero attached hydrogens (tertiary/aromatic N) is 3. The number of rotatable bonds is 2. The molecule has 11 heteroatoms. The van der Waals surface area contributed by atoms with Gasteiger partial charge in [-0.3, -0.25) is 9.59 Å². The Balaban J connectivity index is 0. The number of hydrogen-bond acceptors (Lipinski definition) is 5. The predicted octanol–water partition coefficient (Wildman–Crippen LogP) is 4.81. The lowest BCUT2D eigenvalue weighted by Crippen LogP contribution is -2.22. The summed E-state index contributed by atoms with van der Waals surface area (Å²) < 4.78 is 0. The Morgan fingerprint density at radius 2 is 1.32 bits per heavy atom. The van der Waals surface area contributed by atoms with Crippen LogP contribution in [0.15, 0.2) is 36.7 Å². The van der Waals surface area contributed by atoms with Crippen molar-refractivity contribution in [2.75, 3.05) is 33.5 Å². The van der Waals surface area contributed by atoms with Gasteiger partial charge < -0.3 is 10.2 Å². The largest absolute Gasteiger partial charge is 0.345 e. The molecule has 2 heterocycles. The third kappa shape index (κ3) is 13.1. The monoisotopic (exact) mass is 488 g/mol. The van der Waals surface area contributed by atoms with Crippen molar-refractivity contribution in [3.05, 3.63) is 58.1 Å². The van der Waals surface area contributed by atoms with Crippen molar-refractivity contribution < 1.29 is 9.59 Å². The summed E-state index contributed by atoms with van der Waals surface area (Å²) in [6.07, 6.45) is 3.04. The van der Waals surface area contributed by atoms with Crippen LogP contribution in [-0.2, 0) is 0 Å². The van der Waals surface area contributed by atoms with Gasteiger partial charge in [-0.05, 0) is 50.0 Å². The molecule has 0 bridgehead atoms. The summed E-state index contributed by atoms with van der Waals surface area (Å²) in [5.74, 6) is -0.131. The highest BCUT2D eigenvalue weighted by molar-refractivity contribution is 6.68. The molecule has 28 heavy (non-hydrogen) atoms. The number of carbonyl (C=O) groups excluding carboxylic acids is 2. The van der Waals surface area contributed by atoms with Gasteiger partial charge in [-0.1, -0.05) is 23.2 Å². The highest BCUT2D eigenvalue weighted by Crippen LogP contribution is 2.13. The second-order valence-electron chi connectivity index (χ2n) is 4.76. The molecule has 0 fully saturated rings. The van der Waals surface area contributed by atoms with Crippen LogP contribution in [0, 0.1) is 0 Å². The third-order valence-electron chi connectivity index (χ3n) is 2.37. The van der Waals surface area contributed by atoms with E-state index in [1.54, 1.807) is 38.5 Å². The fourth-order valence-corrected chi connectivity index (χ4v) is 1.93. The zero-order valence-electron chi connectivity index (χ0n) is 15.7. The van der Waals surface area contributed by atoms with Crippen LogP contribution in [-0.4, -0.2) is 59.5 Å². The van der Waals surface area contributed by atoms with Crippen LogP contribution in [0.3, 0.4) is 0 Å². The van der Waals surface area contributed by atoms with E-state index in [1.807, 2.05) is 14.1 Å². The fourth-order valence-electron chi connectivity index (χ4n) is 1.32. The van der Waals surface area contributed by atoms with E-state index in [1.165, 1.54) is 17.2 Å². The molecule has 0 unspecified atom stereocenters. The molecular weight excluding hydrogens is 469 g/mol. The molecule has 0 aliphatic rings. The quantitative estimate of drug-likeness (QED) is 0.372. The number of alkyl halides is 2. The van der Waals surface area contributed by atoms with E-state index in [-0.39, 0.29) is 27.1 Å². The lowest BCUT2D eigenvalue weighted by Gasteiger charge is -2.10. The number of hydrogen-bond donors (Lipinski definition) is 1. The molecule has 0 spiro atoms. The molecule has 0 atom stereocenters. The molecule has 1 N–H and O–H groups in total. The first kappa shape index (κ1) is 29.1. The van der Waals surface area contributed by atoms with Crippen molar-refractivity contribution >= 4 is 69.2 Å². The van der Waals surface area contributed by atoms with Crippen LogP contribution >= 0.6 is 58.0 Å². The maximum absolute atomic E-state index is 11.4. The lowest BCUT2D eigenvalue weighted by atomic mass is 10.2. The molecule has 2 aromatic heterocycles. The minimum atomic E-state index is -0.585. The van der Waals surface area contributed by atoms with Crippen LogP contribution in [0.5, 0.6) is 0 Å². The zero-order valence-corrected chi connectivity index (χ0v) is 19.5. The van der Waals surface area contributed by atoms with E-state index in [0.717, 1.165) is 0 Å². The Kier molecular flexibility index (Phi) is 18.6.